The van der Waals surface area contributed by atoms with Crippen LogP contribution in [0.5, 0.6) is 0 Å². The van der Waals surface area contributed by atoms with Crippen molar-refractivity contribution in [3.63, 3.8) is 0 Å². The van der Waals surface area contributed by atoms with Gasteiger partial charge in [0.25, 0.3) is 5.91 Å². The highest BCUT2D eigenvalue weighted by Gasteiger charge is 2.70. The number of likely N-dealkylation sites (tertiary alicyclic amines) is 2. The molecule has 4 N–H and O–H groups in total. The second-order valence-electron chi connectivity index (χ2n) is 19.6. The first kappa shape index (κ1) is 41.4. The highest BCUT2D eigenvalue weighted by atomic mass is 16.2. The van der Waals surface area contributed by atoms with Crippen LogP contribution in [0.15, 0.2) is 12.7 Å². The molecule has 2 saturated heterocycles. The monoisotopic (exact) mass is 752 g/mol. The van der Waals surface area contributed by atoms with Crippen molar-refractivity contribution in [2.24, 2.45) is 39.4 Å². The molecule has 13 heteroatoms. The highest BCUT2D eigenvalue weighted by molar-refractivity contribution is 6.38. The zero-order chi connectivity index (χ0) is 40.0. The van der Waals surface area contributed by atoms with Crippen molar-refractivity contribution in [3.8, 4) is 0 Å². The molecule has 7 amide bonds. The number of fused-ring (bicyclic) bond motifs is 1. The van der Waals surface area contributed by atoms with E-state index in [9.17, 15) is 33.6 Å². The van der Waals surface area contributed by atoms with Gasteiger partial charge in [-0.05, 0) is 58.7 Å². The summed E-state index contributed by atoms with van der Waals surface area (Å²) in [4.78, 5) is 98.3. The summed E-state index contributed by atoms with van der Waals surface area (Å²) in [5.41, 5.74) is -1.76. The van der Waals surface area contributed by atoms with Gasteiger partial charge in [-0.1, -0.05) is 93.6 Å². The van der Waals surface area contributed by atoms with E-state index < -0.39 is 64.0 Å². The number of hydrogen-bond donors (Lipinski definition) is 4. The van der Waals surface area contributed by atoms with E-state index in [1.807, 2.05) is 41.5 Å². The number of carbonyl (C=O) groups is 7. The molecule has 0 spiro atoms. The average Bonchev–Trinajstić information content (AvgIpc) is 3.93. The van der Waals surface area contributed by atoms with Crippen LogP contribution in [0.1, 0.15) is 120 Å². The van der Waals surface area contributed by atoms with E-state index in [1.165, 1.54) is 11.0 Å². The fraction of sp³-hybridized carbons (Fsp3) is 0.780. The predicted molar refractivity (Wildman–Crippen MR) is 203 cm³/mol. The van der Waals surface area contributed by atoms with Crippen molar-refractivity contribution < 1.29 is 33.6 Å². The number of nitrogens with zero attached hydrogens (tertiary/aromatic N) is 2. The van der Waals surface area contributed by atoms with Gasteiger partial charge in [0.05, 0.1) is 12.1 Å². The maximum atomic E-state index is 14.9. The molecule has 2 aliphatic heterocycles. The molecule has 0 aromatic rings. The second-order valence-corrected chi connectivity index (χ2v) is 19.6. The molecular weight excluding hydrogens is 688 g/mol. The zero-order valence-corrected chi connectivity index (χ0v) is 33.8. The third-order valence-corrected chi connectivity index (χ3v) is 13.1. The second kappa shape index (κ2) is 15.4. The molecule has 5 rings (SSSR count). The average molecular weight is 753 g/mol. The Hall–Kier alpha value is -3.77. The Morgan fingerprint density at radius 1 is 0.907 bits per heavy atom. The summed E-state index contributed by atoms with van der Waals surface area (Å²) in [5.74, 6) is -2.67. The largest absolute Gasteiger partial charge is 0.346 e. The number of imide groups is 1. The van der Waals surface area contributed by atoms with Gasteiger partial charge in [0.2, 0.25) is 29.4 Å². The van der Waals surface area contributed by atoms with Gasteiger partial charge in [0.15, 0.2) is 0 Å². The molecule has 5 fully saturated rings. The molecule has 0 bridgehead atoms. The fourth-order valence-electron chi connectivity index (χ4n) is 9.21. The lowest BCUT2D eigenvalue weighted by molar-refractivity contribution is -0.153. The summed E-state index contributed by atoms with van der Waals surface area (Å²) >= 11 is 0. The molecule has 54 heavy (non-hydrogen) atoms. The summed E-state index contributed by atoms with van der Waals surface area (Å²) in [6.45, 7) is 19.8. The van der Waals surface area contributed by atoms with Gasteiger partial charge >= 0.3 is 6.03 Å². The van der Waals surface area contributed by atoms with Crippen LogP contribution >= 0.6 is 0 Å². The van der Waals surface area contributed by atoms with Crippen LogP contribution in [0.4, 0.5) is 4.79 Å². The summed E-state index contributed by atoms with van der Waals surface area (Å²) in [5, 5.41) is 11.5. The van der Waals surface area contributed by atoms with Gasteiger partial charge in [-0.2, -0.15) is 0 Å². The third-order valence-electron chi connectivity index (χ3n) is 13.1. The first-order chi connectivity index (χ1) is 25.1. The van der Waals surface area contributed by atoms with E-state index >= 15 is 0 Å². The molecule has 1 unspecified atom stereocenters. The molecule has 13 nitrogen and oxygen atoms in total. The fourth-order valence-corrected chi connectivity index (χ4v) is 9.21. The normalized spacial score (nSPS) is 27.1. The highest BCUT2D eigenvalue weighted by Crippen LogP contribution is 2.65. The lowest BCUT2D eigenvalue weighted by Crippen LogP contribution is -2.64. The summed E-state index contributed by atoms with van der Waals surface area (Å²) in [6, 6.07) is -4.02. The predicted octanol–water partition coefficient (Wildman–Crippen LogP) is 3.85. The standard InChI is InChI=1S/C41H64N6O7/c1-10-18-42-35(52)32(50)26(19-24-14-15-24)43-34(51)31-30-25(40(30,7)8)22-47(31)36(53)33(41(9)16-12-11-13-17-41)45-37(54)44-27(38(2,3)4)23-46-28(48)20-39(5,6)21-29(46)49/h10,24-27,30-31,33H,1,11-23H2,2-9H3,(H,42,52)(H,43,51)(H2,44,45,54)/t25-,26?,27+,30-,31-,33+/m0/s1. The Labute approximate surface area is 320 Å². The SMILES string of the molecule is C=CCNC(=O)C(=O)C(CC1CC1)NC(=O)[C@@H]1[C@@H]2[C@H](CN1C(=O)[C@@H](NC(=O)N[C@H](CN1C(=O)CC(C)(C)CC1=O)C(C)(C)C)C1(C)CCCCC1)C2(C)C. The van der Waals surface area contributed by atoms with E-state index in [2.05, 4.69) is 41.7 Å². The molecule has 3 aliphatic carbocycles. The van der Waals surface area contributed by atoms with Crippen LogP contribution < -0.4 is 21.3 Å². The topological polar surface area (TPSA) is 174 Å². The zero-order valence-electron chi connectivity index (χ0n) is 33.8. The Kier molecular flexibility index (Phi) is 11.8. The van der Waals surface area contributed by atoms with E-state index in [0.717, 1.165) is 32.1 Å². The van der Waals surface area contributed by atoms with Crippen molar-refractivity contribution in [1.82, 2.24) is 31.1 Å². The number of piperidine rings is 2. The smallest absolute Gasteiger partial charge is 0.315 e. The Balaban J connectivity index is 1.37. The van der Waals surface area contributed by atoms with Crippen LogP contribution in [0.25, 0.3) is 0 Å². The number of amides is 7. The number of rotatable bonds is 14. The number of Topliss-reactive ketones (excluding diaryl/α,β-unsaturated/α-hetero) is 1. The maximum Gasteiger partial charge on any atom is 0.315 e. The van der Waals surface area contributed by atoms with E-state index in [0.29, 0.717) is 25.8 Å². The number of nitrogens with one attached hydrogen (secondary N) is 4. The van der Waals surface area contributed by atoms with E-state index in [1.54, 1.807) is 4.90 Å². The van der Waals surface area contributed by atoms with Crippen LogP contribution in [-0.4, -0.2) is 95.0 Å². The van der Waals surface area contributed by atoms with E-state index in [4.69, 9.17) is 0 Å². The summed E-state index contributed by atoms with van der Waals surface area (Å²) < 4.78 is 0. The molecular formula is C41H64N6O7. The van der Waals surface area contributed by atoms with Crippen LogP contribution in [0.3, 0.4) is 0 Å². The lowest BCUT2D eigenvalue weighted by atomic mass is 9.70. The maximum absolute atomic E-state index is 14.9. The van der Waals surface area contributed by atoms with Crippen LogP contribution in [-0.2, 0) is 28.8 Å². The lowest BCUT2D eigenvalue weighted by Gasteiger charge is -2.44. The Bertz CT molecular complexity index is 1520. The molecule has 3 saturated carbocycles. The summed E-state index contributed by atoms with van der Waals surface area (Å²) in [6.07, 6.45) is 8.38. The van der Waals surface area contributed by atoms with Crippen molar-refractivity contribution in [2.75, 3.05) is 19.6 Å². The minimum atomic E-state index is -1.01. The number of urea groups is 1. The number of carbonyl (C=O) groups excluding carboxylic acids is 7. The van der Waals surface area contributed by atoms with Gasteiger partial charge in [0, 0.05) is 32.5 Å². The van der Waals surface area contributed by atoms with Crippen molar-refractivity contribution in [2.45, 2.75) is 144 Å². The van der Waals surface area contributed by atoms with Gasteiger partial charge in [0.1, 0.15) is 12.1 Å². The van der Waals surface area contributed by atoms with Gasteiger partial charge in [-0.15, -0.1) is 6.58 Å². The first-order valence-corrected chi connectivity index (χ1v) is 20.0. The Morgan fingerprint density at radius 3 is 2.07 bits per heavy atom. The van der Waals surface area contributed by atoms with Crippen LogP contribution in [0.2, 0.25) is 0 Å². The van der Waals surface area contributed by atoms with Gasteiger partial charge < -0.3 is 26.2 Å². The number of ketones is 1. The molecule has 2 heterocycles. The molecule has 0 aromatic heterocycles. The van der Waals surface area contributed by atoms with Crippen molar-refractivity contribution in [1.29, 1.82) is 0 Å². The molecule has 5 aliphatic rings. The molecule has 0 radical (unpaired) electrons. The minimum absolute atomic E-state index is 0.0136. The van der Waals surface area contributed by atoms with Gasteiger partial charge in [-0.25, -0.2) is 4.79 Å². The quantitative estimate of drug-likeness (QED) is 0.119. The van der Waals surface area contributed by atoms with Crippen molar-refractivity contribution in [3.05, 3.63) is 12.7 Å². The Morgan fingerprint density at radius 2 is 1.52 bits per heavy atom. The summed E-state index contributed by atoms with van der Waals surface area (Å²) in [7, 11) is 0. The molecule has 6 atom stereocenters. The van der Waals surface area contributed by atoms with E-state index in [-0.39, 0.29) is 66.8 Å². The third kappa shape index (κ3) is 9.02. The van der Waals surface area contributed by atoms with Crippen molar-refractivity contribution >= 4 is 41.4 Å². The number of hydrogen-bond acceptors (Lipinski definition) is 7. The molecule has 300 valence electrons. The van der Waals surface area contributed by atoms with Crippen LogP contribution in [0, 0.1) is 39.4 Å². The minimum Gasteiger partial charge on any atom is -0.346 e. The molecule has 0 aromatic carbocycles. The first-order valence-electron chi connectivity index (χ1n) is 20.0. The van der Waals surface area contributed by atoms with Gasteiger partial charge in [-0.3, -0.25) is 33.7 Å².